The number of aliphatic hydroxyl groups excluding tert-OH is 1. The van der Waals surface area contributed by atoms with E-state index in [1.807, 2.05) is 0 Å². The molecular weight excluding hydrogens is 218 g/mol. The van der Waals surface area contributed by atoms with Crippen LogP contribution in [0.4, 0.5) is 0 Å². The summed E-state index contributed by atoms with van der Waals surface area (Å²) in [6, 6.07) is 0. The predicted octanol–water partition coefficient (Wildman–Crippen LogP) is 1.52. The average molecular weight is 247 g/mol. The first-order chi connectivity index (χ1) is 8.35. The highest BCUT2D eigenvalue weighted by atomic mass is 16.5. The second-order valence-corrected chi connectivity index (χ2v) is 4.32. The molecule has 0 spiro atoms. The Hall–Kier alpha value is -0.160. The van der Waals surface area contributed by atoms with Crippen molar-refractivity contribution in [1.82, 2.24) is 4.90 Å². The number of hydrogen-bond acceptors (Lipinski definition) is 4. The summed E-state index contributed by atoms with van der Waals surface area (Å²) in [7, 11) is 3.49. The predicted molar refractivity (Wildman–Crippen MR) is 70.4 cm³/mol. The first-order valence-electron chi connectivity index (χ1n) is 6.66. The molecule has 0 fully saturated rings. The van der Waals surface area contributed by atoms with E-state index in [4.69, 9.17) is 14.6 Å². The third-order valence-corrected chi connectivity index (χ3v) is 2.82. The summed E-state index contributed by atoms with van der Waals surface area (Å²) in [5, 5.41) is 8.69. The van der Waals surface area contributed by atoms with E-state index in [1.54, 1.807) is 14.2 Å². The van der Waals surface area contributed by atoms with Crippen LogP contribution in [0.5, 0.6) is 0 Å². The molecule has 1 N–H and O–H groups in total. The average Bonchev–Trinajstić information content (AvgIpc) is 2.35. The van der Waals surface area contributed by atoms with Gasteiger partial charge in [0.15, 0.2) is 0 Å². The molecule has 0 bridgehead atoms. The summed E-state index contributed by atoms with van der Waals surface area (Å²) in [5.41, 5.74) is 0. The Morgan fingerprint density at radius 2 is 1.41 bits per heavy atom. The fourth-order valence-corrected chi connectivity index (χ4v) is 1.79. The first kappa shape index (κ1) is 16.8. The largest absolute Gasteiger partial charge is 0.396 e. The summed E-state index contributed by atoms with van der Waals surface area (Å²) in [6.45, 7) is 5.15. The van der Waals surface area contributed by atoms with E-state index in [9.17, 15) is 0 Å². The maximum Gasteiger partial charge on any atom is 0.0589 e. The molecule has 0 aliphatic heterocycles. The van der Waals surface area contributed by atoms with E-state index >= 15 is 0 Å². The molecule has 0 saturated heterocycles. The Morgan fingerprint density at radius 1 is 0.765 bits per heavy atom. The minimum Gasteiger partial charge on any atom is -0.396 e. The molecule has 0 unspecified atom stereocenters. The molecule has 0 aromatic carbocycles. The standard InChI is InChI=1S/C13H29NO3/c1-16-12-7-9-14(10-13-17-2)8-5-3-4-6-11-15/h15H,3-13H2,1-2H3. The van der Waals surface area contributed by atoms with E-state index < -0.39 is 0 Å². The summed E-state index contributed by atoms with van der Waals surface area (Å²) >= 11 is 0. The minimum absolute atomic E-state index is 0.321. The SMILES string of the molecule is COCCCN(CCCCCCO)CCOC. The lowest BCUT2D eigenvalue weighted by atomic mass is 10.2. The van der Waals surface area contributed by atoms with Gasteiger partial charge in [-0.05, 0) is 25.8 Å². The van der Waals surface area contributed by atoms with Gasteiger partial charge in [0.2, 0.25) is 0 Å². The van der Waals surface area contributed by atoms with Crippen molar-refractivity contribution in [1.29, 1.82) is 0 Å². The highest BCUT2D eigenvalue weighted by Gasteiger charge is 2.03. The highest BCUT2D eigenvalue weighted by Crippen LogP contribution is 2.02. The smallest absolute Gasteiger partial charge is 0.0589 e. The van der Waals surface area contributed by atoms with Crippen molar-refractivity contribution in [3.8, 4) is 0 Å². The van der Waals surface area contributed by atoms with Gasteiger partial charge in [0.25, 0.3) is 0 Å². The number of methoxy groups -OCH3 is 2. The van der Waals surface area contributed by atoms with E-state index in [1.165, 1.54) is 12.8 Å². The normalized spacial score (nSPS) is 11.3. The third kappa shape index (κ3) is 12.1. The molecule has 104 valence electrons. The topological polar surface area (TPSA) is 41.9 Å². The Morgan fingerprint density at radius 3 is 2.06 bits per heavy atom. The van der Waals surface area contributed by atoms with Gasteiger partial charge in [0, 0.05) is 40.5 Å². The minimum atomic E-state index is 0.321. The van der Waals surface area contributed by atoms with Crippen molar-refractivity contribution in [3.63, 3.8) is 0 Å². The zero-order chi connectivity index (χ0) is 12.8. The first-order valence-corrected chi connectivity index (χ1v) is 6.66. The van der Waals surface area contributed by atoms with Gasteiger partial charge < -0.3 is 19.5 Å². The van der Waals surface area contributed by atoms with Crippen LogP contribution in [0.2, 0.25) is 0 Å². The molecule has 0 aromatic heterocycles. The van der Waals surface area contributed by atoms with Gasteiger partial charge in [-0.1, -0.05) is 12.8 Å². The quantitative estimate of drug-likeness (QED) is 0.501. The van der Waals surface area contributed by atoms with Crippen LogP contribution < -0.4 is 0 Å². The molecule has 0 radical (unpaired) electrons. The summed E-state index contributed by atoms with van der Waals surface area (Å²) in [4.78, 5) is 2.43. The molecule has 4 nitrogen and oxygen atoms in total. The van der Waals surface area contributed by atoms with Gasteiger partial charge in [-0.25, -0.2) is 0 Å². The molecule has 0 saturated carbocycles. The van der Waals surface area contributed by atoms with Crippen molar-refractivity contribution < 1.29 is 14.6 Å². The Kier molecular flexibility index (Phi) is 13.8. The van der Waals surface area contributed by atoms with Crippen LogP contribution >= 0.6 is 0 Å². The van der Waals surface area contributed by atoms with Crippen LogP contribution in [0, 0.1) is 0 Å². The number of rotatable bonds is 13. The van der Waals surface area contributed by atoms with Crippen LogP contribution in [0.3, 0.4) is 0 Å². The van der Waals surface area contributed by atoms with Crippen LogP contribution in [0.1, 0.15) is 32.1 Å². The van der Waals surface area contributed by atoms with Gasteiger partial charge in [-0.15, -0.1) is 0 Å². The Labute approximate surface area is 106 Å². The Bertz CT molecular complexity index is 145. The fraction of sp³-hybridized carbons (Fsp3) is 1.00. The van der Waals surface area contributed by atoms with Gasteiger partial charge in [0.1, 0.15) is 0 Å². The maximum atomic E-state index is 8.69. The molecule has 17 heavy (non-hydrogen) atoms. The van der Waals surface area contributed by atoms with Crippen LogP contribution in [-0.4, -0.2) is 63.7 Å². The summed E-state index contributed by atoms with van der Waals surface area (Å²) < 4.78 is 10.2. The lowest BCUT2D eigenvalue weighted by molar-refractivity contribution is 0.131. The lowest BCUT2D eigenvalue weighted by Crippen LogP contribution is -2.30. The van der Waals surface area contributed by atoms with E-state index in [0.29, 0.717) is 6.61 Å². The Balaban J connectivity index is 3.53. The molecule has 0 heterocycles. The monoisotopic (exact) mass is 247 g/mol. The maximum absolute atomic E-state index is 8.69. The summed E-state index contributed by atoms with van der Waals surface area (Å²) in [5.74, 6) is 0. The number of aliphatic hydroxyl groups is 1. The van der Waals surface area contributed by atoms with Gasteiger partial charge >= 0.3 is 0 Å². The lowest BCUT2D eigenvalue weighted by Gasteiger charge is -2.21. The zero-order valence-electron chi connectivity index (χ0n) is 11.5. The van der Waals surface area contributed by atoms with Gasteiger partial charge in [-0.2, -0.15) is 0 Å². The van der Waals surface area contributed by atoms with Crippen molar-refractivity contribution in [2.45, 2.75) is 32.1 Å². The van der Waals surface area contributed by atoms with Crippen LogP contribution in [0.15, 0.2) is 0 Å². The zero-order valence-corrected chi connectivity index (χ0v) is 11.5. The number of unbranched alkanes of at least 4 members (excludes halogenated alkanes) is 3. The molecule has 0 aromatic rings. The van der Waals surface area contributed by atoms with Crippen molar-refractivity contribution >= 4 is 0 Å². The van der Waals surface area contributed by atoms with E-state index in [-0.39, 0.29) is 0 Å². The van der Waals surface area contributed by atoms with E-state index in [2.05, 4.69) is 4.90 Å². The van der Waals surface area contributed by atoms with Crippen LogP contribution in [-0.2, 0) is 9.47 Å². The van der Waals surface area contributed by atoms with Gasteiger partial charge in [-0.3, -0.25) is 0 Å². The van der Waals surface area contributed by atoms with Crippen molar-refractivity contribution in [2.24, 2.45) is 0 Å². The molecule has 0 aliphatic rings. The van der Waals surface area contributed by atoms with Crippen molar-refractivity contribution in [2.75, 3.05) is 53.7 Å². The molecule has 0 rings (SSSR count). The number of nitrogens with zero attached hydrogens (tertiary/aromatic N) is 1. The van der Waals surface area contributed by atoms with Crippen LogP contribution in [0.25, 0.3) is 0 Å². The molecule has 0 atom stereocenters. The van der Waals surface area contributed by atoms with Gasteiger partial charge in [0.05, 0.1) is 6.61 Å². The third-order valence-electron chi connectivity index (χ3n) is 2.82. The molecule has 0 aliphatic carbocycles. The molecule has 4 heteroatoms. The molecule has 0 amide bonds. The number of hydrogen-bond donors (Lipinski definition) is 1. The van der Waals surface area contributed by atoms with E-state index in [0.717, 1.165) is 52.1 Å². The second kappa shape index (κ2) is 13.9. The highest BCUT2D eigenvalue weighted by molar-refractivity contribution is 4.58. The number of ether oxygens (including phenoxy) is 2. The molecular formula is C13H29NO3. The van der Waals surface area contributed by atoms with Crippen molar-refractivity contribution in [3.05, 3.63) is 0 Å². The fourth-order valence-electron chi connectivity index (χ4n) is 1.79. The second-order valence-electron chi connectivity index (χ2n) is 4.32. The summed E-state index contributed by atoms with van der Waals surface area (Å²) in [6.07, 6.45) is 5.55.